The summed E-state index contributed by atoms with van der Waals surface area (Å²) in [5.41, 5.74) is 24.0. The molecule has 0 bridgehead atoms. The molecule has 69 heavy (non-hydrogen) atoms. The fourth-order valence-corrected chi connectivity index (χ4v) is 12.0. The van der Waals surface area contributed by atoms with Gasteiger partial charge in [-0.15, -0.1) is 0 Å². The van der Waals surface area contributed by atoms with E-state index in [1.165, 1.54) is 78.2 Å². The number of rotatable bonds is 6. The van der Waals surface area contributed by atoms with Crippen molar-refractivity contribution in [3.05, 3.63) is 216 Å². The number of para-hydroxylation sites is 3. The summed E-state index contributed by atoms with van der Waals surface area (Å²) < 4.78 is 6.65. The quantitative estimate of drug-likeness (QED) is 0.155. The molecule has 0 atom stereocenters. The maximum Gasteiger partial charge on any atom is 0.252 e. The average Bonchev–Trinajstić information content (AvgIpc) is 3.76. The molecule has 334 valence electrons. The number of nitrogens with zero attached hydrogens (tertiary/aromatic N) is 3. The van der Waals surface area contributed by atoms with Gasteiger partial charge in [-0.2, -0.15) is 0 Å². The van der Waals surface area contributed by atoms with Crippen LogP contribution in [0.25, 0.3) is 33.1 Å². The lowest BCUT2D eigenvalue weighted by Crippen LogP contribution is -2.62. The summed E-state index contributed by atoms with van der Waals surface area (Å²) in [4.78, 5) is 7.60. The number of anilines is 9. The molecule has 9 aromatic carbocycles. The Balaban J connectivity index is 1.15. The van der Waals surface area contributed by atoms with Crippen molar-refractivity contribution in [1.82, 2.24) is 0 Å². The number of furan rings is 1. The van der Waals surface area contributed by atoms with Crippen LogP contribution in [0.3, 0.4) is 0 Å². The third-order valence-electron chi connectivity index (χ3n) is 15.6. The van der Waals surface area contributed by atoms with Crippen LogP contribution < -0.4 is 31.1 Å². The van der Waals surface area contributed by atoms with Crippen LogP contribution in [0.4, 0.5) is 51.2 Å². The Morgan fingerprint density at radius 2 is 1.04 bits per heavy atom. The zero-order valence-electron chi connectivity index (χ0n) is 40.2. The van der Waals surface area contributed by atoms with Crippen molar-refractivity contribution in [1.29, 1.82) is 0 Å². The Labute approximate surface area is 406 Å². The number of aryl methyl sites for hydroxylation is 2. The van der Waals surface area contributed by atoms with Gasteiger partial charge in [0.25, 0.3) is 6.71 Å². The molecular formula is C64H54BN3O. The zero-order chi connectivity index (χ0) is 46.8. The molecule has 3 aliphatic rings. The maximum absolute atomic E-state index is 6.65. The zero-order valence-corrected chi connectivity index (χ0v) is 40.2. The predicted molar refractivity (Wildman–Crippen MR) is 293 cm³/mol. The first-order valence-corrected chi connectivity index (χ1v) is 24.6. The molecule has 0 radical (unpaired) electrons. The average molecular weight is 892 g/mol. The Hall–Kier alpha value is -7.76. The molecule has 1 aliphatic carbocycles. The fourth-order valence-electron chi connectivity index (χ4n) is 12.0. The summed E-state index contributed by atoms with van der Waals surface area (Å²) in [6, 6.07) is 71.9. The molecule has 1 aromatic heterocycles. The van der Waals surface area contributed by atoms with Crippen LogP contribution in [0.5, 0.6) is 0 Å². The van der Waals surface area contributed by atoms with E-state index < -0.39 is 0 Å². The molecule has 4 nitrogen and oxygen atoms in total. The number of hydrogen-bond donors (Lipinski definition) is 0. The van der Waals surface area contributed by atoms with Gasteiger partial charge in [0, 0.05) is 50.9 Å². The smallest absolute Gasteiger partial charge is 0.252 e. The molecule has 0 spiro atoms. The van der Waals surface area contributed by atoms with Crippen molar-refractivity contribution in [2.24, 2.45) is 0 Å². The number of fused-ring (bicyclic) bond motifs is 8. The molecule has 0 saturated heterocycles. The van der Waals surface area contributed by atoms with Crippen molar-refractivity contribution in [3.8, 4) is 11.1 Å². The SMILES string of the molecule is Cc1cc2c3c(c1)N(c1cccc4oc5ccccc5c14)c1cc4c(cc1B3c1ccc(N(c3ccccc3)c3ccccc3)cc1N2c1cc(-c2ccccc2)ccc1C)C(C)(C)CCC4(C)C. The van der Waals surface area contributed by atoms with E-state index >= 15 is 0 Å². The van der Waals surface area contributed by atoms with Crippen molar-refractivity contribution in [2.45, 2.75) is 65.2 Å². The molecule has 0 fully saturated rings. The Morgan fingerprint density at radius 3 is 1.74 bits per heavy atom. The summed E-state index contributed by atoms with van der Waals surface area (Å²) in [5, 5.41) is 2.26. The van der Waals surface area contributed by atoms with E-state index in [1.807, 2.05) is 0 Å². The fraction of sp³-hybridized carbons (Fsp3) is 0.156. The van der Waals surface area contributed by atoms with E-state index in [2.05, 4.69) is 250 Å². The van der Waals surface area contributed by atoms with E-state index in [9.17, 15) is 0 Å². The van der Waals surface area contributed by atoms with Gasteiger partial charge in [-0.25, -0.2) is 0 Å². The van der Waals surface area contributed by atoms with E-state index in [0.717, 1.165) is 57.5 Å². The van der Waals surface area contributed by atoms with E-state index in [1.54, 1.807) is 0 Å². The number of hydrogen-bond acceptors (Lipinski definition) is 4. The van der Waals surface area contributed by atoms with Crippen molar-refractivity contribution in [3.63, 3.8) is 0 Å². The molecule has 13 rings (SSSR count). The maximum atomic E-state index is 6.65. The second-order valence-electron chi connectivity index (χ2n) is 20.9. The van der Waals surface area contributed by atoms with E-state index in [0.29, 0.717) is 0 Å². The van der Waals surface area contributed by atoms with Gasteiger partial charge in [0.2, 0.25) is 0 Å². The highest BCUT2D eigenvalue weighted by Crippen LogP contribution is 2.53. The molecule has 0 N–H and O–H groups in total. The number of benzene rings is 9. The second kappa shape index (κ2) is 15.4. The van der Waals surface area contributed by atoms with E-state index in [4.69, 9.17) is 4.42 Å². The Kier molecular flexibility index (Phi) is 9.24. The largest absolute Gasteiger partial charge is 0.456 e. The summed E-state index contributed by atoms with van der Waals surface area (Å²) in [7, 11) is 0. The molecular weight excluding hydrogens is 838 g/mol. The molecule has 10 aromatic rings. The van der Waals surface area contributed by atoms with Crippen molar-refractivity contribution < 1.29 is 4.42 Å². The lowest BCUT2D eigenvalue weighted by atomic mass is 9.33. The third kappa shape index (κ3) is 6.43. The van der Waals surface area contributed by atoms with Crippen LogP contribution >= 0.6 is 0 Å². The summed E-state index contributed by atoms with van der Waals surface area (Å²) in [6.07, 6.45) is 2.28. The van der Waals surface area contributed by atoms with Crippen LogP contribution in [-0.4, -0.2) is 6.71 Å². The predicted octanol–water partition coefficient (Wildman–Crippen LogP) is 15.8. The minimum Gasteiger partial charge on any atom is -0.456 e. The first kappa shape index (κ1) is 41.4. The standard InChI is InChI=1S/C64H54BN3O/c1-41-35-57-62-58(36-41)68(54-37-44(30-29-42(54)2)43-19-10-7-11-20-43)55-38-47(66(45-21-12-8-13-22-45)46-23-14-9-15-24-46)31-32-51(55)65(62)52-39-49-50(64(5,6)34-33-63(49,3)4)40-56(52)67(57)53-26-18-28-60-61(53)48-25-16-17-27-59(48)69-60/h7-32,35-40H,33-34H2,1-6H3. The molecule has 0 saturated carbocycles. The van der Waals surface area contributed by atoms with Gasteiger partial charge in [0.1, 0.15) is 11.2 Å². The summed E-state index contributed by atoms with van der Waals surface area (Å²) >= 11 is 0. The van der Waals surface area contributed by atoms with Crippen molar-refractivity contribution in [2.75, 3.05) is 14.7 Å². The van der Waals surface area contributed by atoms with Crippen LogP contribution in [-0.2, 0) is 10.8 Å². The molecule has 2 aliphatic heterocycles. The Morgan fingerprint density at radius 1 is 0.449 bits per heavy atom. The summed E-state index contributed by atoms with van der Waals surface area (Å²) in [5.74, 6) is 0. The molecule has 0 amide bonds. The van der Waals surface area contributed by atoms with Gasteiger partial charge in [0.05, 0.1) is 11.1 Å². The normalized spacial score (nSPS) is 15.1. The van der Waals surface area contributed by atoms with Crippen LogP contribution in [0.2, 0.25) is 0 Å². The van der Waals surface area contributed by atoms with Crippen LogP contribution in [0.1, 0.15) is 62.8 Å². The topological polar surface area (TPSA) is 22.9 Å². The summed E-state index contributed by atoms with van der Waals surface area (Å²) in [6.45, 7) is 14.3. The van der Waals surface area contributed by atoms with Gasteiger partial charge in [0.15, 0.2) is 0 Å². The van der Waals surface area contributed by atoms with Gasteiger partial charge in [-0.1, -0.05) is 143 Å². The minimum atomic E-state index is -0.0481. The highest BCUT2D eigenvalue weighted by atomic mass is 16.3. The van der Waals surface area contributed by atoms with Gasteiger partial charge < -0.3 is 19.1 Å². The second-order valence-corrected chi connectivity index (χ2v) is 20.9. The highest BCUT2D eigenvalue weighted by molar-refractivity contribution is 7.00. The van der Waals surface area contributed by atoms with Crippen LogP contribution in [0.15, 0.2) is 199 Å². The monoisotopic (exact) mass is 891 g/mol. The first-order chi connectivity index (χ1) is 33.5. The lowest BCUT2D eigenvalue weighted by Gasteiger charge is -2.47. The van der Waals surface area contributed by atoms with Crippen molar-refractivity contribution >= 4 is 96.2 Å². The van der Waals surface area contributed by atoms with Gasteiger partial charge >= 0.3 is 0 Å². The van der Waals surface area contributed by atoms with E-state index in [-0.39, 0.29) is 17.5 Å². The molecule has 0 unspecified atom stereocenters. The molecule has 3 heterocycles. The Bertz CT molecular complexity index is 3630. The minimum absolute atomic E-state index is 0.00768. The van der Waals surface area contributed by atoms with Crippen LogP contribution in [0, 0.1) is 13.8 Å². The lowest BCUT2D eigenvalue weighted by molar-refractivity contribution is 0.332. The van der Waals surface area contributed by atoms with Gasteiger partial charge in [-0.05, 0) is 166 Å². The molecule has 5 heteroatoms. The first-order valence-electron chi connectivity index (χ1n) is 24.6. The third-order valence-corrected chi connectivity index (χ3v) is 15.6. The van der Waals surface area contributed by atoms with Gasteiger partial charge in [-0.3, -0.25) is 0 Å². The highest BCUT2D eigenvalue weighted by Gasteiger charge is 2.47.